The van der Waals surface area contributed by atoms with Gasteiger partial charge in [0.2, 0.25) is 0 Å². The maximum atomic E-state index is 9.82. The van der Waals surface area contributed by atoms with E-state index in [4.69, 9.17) is 4.74 Å². The monoisotopic (exact) mass is 208 g/mol. The average Bonchev–Trinajstić information content (AvgIpc) is 1.97. The van der Waals surface area contributed by atoms with E-state index in [1.54, 1.807) is 6.07 Å². The molecule has 2 N–H and O–H groups in total. The molecular formula is C12H16O3. The first-order chi connectivity index (χ1) is 6.90. The average molecular weight is 208 g/mol. The third-order valence-corrected chi connectivity index (χ3v) is 2.79. The zero-order valence-electron chi connectivity index (χ0n) is 9.24. The van der Waals surface area contributed by atoms with Crippen LogP contribution in [0.4, 0.5) is 0 Å². The van der Waals surface area contributed by atoms with Crippen molar-refractivity contribution in [1.29, 1.82) is 0 Å². The molecule has 0 radical (unpaired) electrons. The molecule has 0 aliphatic carbocycles. The SMILES string of the molecule is C[C@@H]1Cc2cc(O)cc(O)c2C(C)(C)O1. The third kappa shape index (κ3) is 1.67. The molecule has 0 bridgehead atoms. The van der Waals surface area contributed by atoms with Crippen LogP contribution in [0.3, 0.4) is 0 Å². The Balaban J connectivity index is 2.62. The van der Waals surface area contributed by atoms with E-state index in [9.17, 15) is 10.2 Å². The molecule has 0 saturated carbocycles. The van der Waals surface area contributed by atoms with Crippen molar-refractivity contribution in [3.8, 4) is 11.5 Å². The van der Waals surface area contributed by atoms with Gasteiger partial charge in [-0.1, -0.05) is 0 Å². The minimum Gasteiger partial charge on any atom is -0.508 e. The van der Waals surface area contributed by atoms with Crippen LogP contribution in [0, 0.1) is 0 Å². The number of phenolic OH excluding ortho intramolecular Hbond substituents is 2. The lowest BCUT2D eigenvalue weighted by molar-refractivity contribution is -0.0805. The zero-order chi connectivity index (χ0) is 11.2. The maximum absolute atomic E-state index is 9.82. The molecule has 0 amide bonds. The number of ether oxygens (including phenoxy) is 1. The number of phenols is 2. The van der Waals surface area contributed by atoms with Gasteiger partial charge in [0.15, 0.2) is 0 Å². The van der Waals surface area contributed by atoms with Gasteiger partial charge in [-0.25, -0.2) is 0 Å². The molecule has 1 aromatic carbocycles. The van der Waals surface area contributed by atoms with Gasteiger partial charge in [-0.2, -0.15) is 0 Å². The van der Waals surface area contributed by atoms with Crippen molar-refractivity contribution in [2.24, 2.45) is 0 Å². The van der Waals surface area contributed by atoms with Crippen molar-refractivity contribution in [1.82, 2.24) is 0 Å². The molecule has 1 aromatic rings. The largest absolute Gasteiger partial charge is 0.508 e. The van der Waals surface area contributed by atoms with Crippen molar-refractivity contribution >= 4 is 0 Å². The molecule has 3 heteroatoms. The summed E-state index contributed by atoms with van der Waals surface area (Å²) in [7, 11) is 0. The van der Waals surface area contributed by atoms with Crippen LogP contribution < -0.4 is 0 Å². The lowest BCUT2D eigenvalue weighted by Crippen LogP contribution is -2.34. The van der Waals surface area contributed by atoms with E-state index < -0.39 is 5.60 Å². The van der Waals surface area contributed by atoms with Gasteiger partial charge in [0.05, 0.1) is 11.7 Å². The van der Waals surface area contributed by atoms with Gasteiger partial charge in [-0.05, 0) is 38.8 Å². The second-order valence-corrected chi connectivity index (χ2v) is 4.64. The standard InChI is InChI=1S/C12H16O3/c1-7-4-8-5-9(13)6-10(14)11(8)12(2,3)15-7/h5-7,13-14H,4H2,1-3H3/t7-/m1/s1. The van der Waals surface area contributed by atoms with Crippen LogP contribution in [-0.4, -0.2) is 16.3 Å². The Labute approximate surface area is 89.3 Å². The first kappa shape index (κ1) is 10.3. The van der Waals surface area contributed by atoms with E-state index in [0.717, 1.165) is 17.5 Å². The Bertz CT molecular complexity index is 396. The van der Waals surface area contributed by atoms with E-state index in [0.29, 0.717) is 0 Å². The Morgan fingerprint density at radius 2 is 2.00 bits per heavy atom. The first-order valence-electron chi connectivity index (χ1n) is 5.13. The zero-order valence-corrected chi connectivity index (χ0v) is 9.24. The maximum Gasteiger partial charge on any atom is 0.125 e. The van der Waals surface area contributed by atoms with Crippen molar-refractivity contribution in [3.63, 3.8) is 0 Å². The lowest BCUT2D eigenvalue weighted by Gasteiger charge is -2.37. The minimum atomic E-state index is -0.495. The topological polar surface area (TPSA) is 49.7 Å². The van der Waals surface area contributed by atoms with Crippen molar-refractivity contribution < 1.29 is 14.9 Å². The highest BCUT2D eigenvalue weighted by atomic mass is 16.5. The Hall–Kier alpha value is -1.22. The molecule has 0 aromatic heterocycles. The van der Waals surface area contributed by atoms with Crippen LogP contribution >= 0.6 is 0 Å². The minimum absolute atomic E-state index is 0.105. The molecule has 1 aliphatic heterocycles. The van der Waals surface area contributed by atoms with Gasteiger partial charge in [0.25, 0.3) is 0 Å². The summed E-state index contributed by atoms with van der Waals surface area (Å²) < 4.78 is 5.78. The quantitative estimate of drug-likeness (QED) is 0.687. The predicted molar refractivity (Wildman–Crippen MR) is 57.0 cm³/mol. The summed E-state index contributed by atoms with van der Waals surface area (Å²) in [4.78, 5) is 0. The van der Waals surface area contributed by atoms with Crippen molar-refractivity contribution in [2.45, 2.75) is 38.9 Å². The Morgan fingerprint density at radius 1 is 1.33 bits per heavy atom. The predicted octanol–water partition coefficient (Wildman–Crippen LogP) is 2.29. The highest BCUT2D eigenvalue weighted by Crippen LogP contribution is 2.42. The molecule has 82 valence electrons. The van der Waals surface area contributed by atoms with E-state index >= 15 is 0 Å². The number of aromatic hydroxyl groups is 2. The van der Waals surface area contributed by atoms with Crippen LogP contribution in [0.25, 0.3) is 0 Å². The van der Waals surface area contributed by atoms with Crippen molar-refractivity contribution in [2.75, 3.05) is 0 Å². The van der Waals surface area contributed by atoms with E-state index in [2.05, 4.69) is 0 Å². The normalized spacial score (nSPS) is 23.5. The summed E-state index contributed by atoms with van der Waals surface area (Å²) in [6, 6.07) is 3.07. The fourth-order valence-electron chi connectivity index (χ4n) is 2.44. The summed E-state index contributed by atoms with van der Waals surface area (Å²) in [5.74, 6) is 0.220. The summed E-state index contributed by atoms with van der Waals surface area (Å²) in [5, 5.41) is 19.2. The van der Waals surface area contributed by atoms with Crippen LogP contribution in [0.2, 0.25) is 0 Å². The van der Waals surface area contributed by atoms with Gasteiger partial charge in [-0.15, -0.1) is 0 Å². The van der Waals surface area contributed by atoms with Gasteiger partial charge in [-0.3, -0.25) is 0 Å². The number of fused-ring (bicyclic) bond motifs is 1. The van der Waals surface area contributed by atoms with Crippen molar-refractivity contribution in [3.05, 3.63) is 23.3 Å². The van der Waals surface area contributed by atoms with Crippen LogP contribution in [0.1, 0.15) is 31.9 Å². The molecule has 0 spiro atoms. The molecule has 3 nitrogen and oxygen atoms in total. The second kappa shape index (κ2) is 3.14. The molecule has 15 heavy (non-hydrogen) atoms. The number of hydrogen-bond donors (Lipinski definition) is 2. The Morgan fingerprint density at radius 3 is 2.67 bits per heavy atom. The molecule has 1 heterocycles. The highest BCUT2D eigenvalue weighted by molar-refractivity contribution is 5.49. The molecule has 0 saturated heterocycles. The van der Waals surface area contributed by atoms with E-state index in [1.807, 2.05) is 20.8 Å². The van der Waals surface area contributed by atoms with Crippen LogP contribution in [0.5, 0.6) is 11.5 Å². The number of benzene rings is 1. The summed E-state index contributed by atoms with van der Waals surface area (Å²) in [5.41, 5.74) is 1.26. The highest BCUT2D eigenvalue weighted by Gasteiger charge is 2.34. The van der Waals surface area contributed by atoms with Gasteiger partial charge in [0, 0.05) is 11.6 Å². The number of hydrogen-bond acceptors (Lipinski definition) is 3. The summed E-state index contributed by atoms with van der Waals surface area (Å²) in [6.07, 6.45) is 0.828. The molecular weight excluding hydrogens is 192 g/mol. The fraction of sp³-hybridized carbons (Fsp3) is 0.500. The molecule has 1 aliphatic rings. The second-order valence-electron chi connectivity index (χ2n) is 4.64. The first-order valence-corrected chi connectivity index (χ1v) is 5.13. The molecule has 2 rings (SSSR count). The molecule has 1 atom stereocenters. The lowest BCUT2D eigenvalue weighted by atomic mass is 9.86. The molecule has 0 unspecified atom stereocenters. The smallest absolute Gasteiger partial charge is 0.125 e. The van der Waals surface area contributed by atoms with E-state index in [1.165, 1.54) is 6.07 Å². The fourth-order valence-corrected chi connectivity index (χ4v) is 2.44. The van der Waals surface area contributed by atoms with Crippen LogP contribution in [0.15, 0.2) is 12.1 Å². The van der Waals surface area contributed by atoms with Gasteiger partial charge < -0.3 is 14.9 Å². The van der Waals surface area contributed by atoms with E-state index in [-0.39, 0.29) is 17.6 Å². The third-order valence-electron chi connectivity index (χ3n) is 2.79. The van der Waals surface area contributed by atoms with Gasteiger partial charge in [0.1, 0.15) is 11.5 Å². The number of rotatable bonds is 0. The van der Waals surface area contributed by atoms with Crippen LogP contribution in [-0.2, 0) is 16.8 Å². The molecule has 0 fully saturated rings. The summed E-state index contributed by atoms with van der Waals surface area (Å²) >= 11 is 0. The summed E-state index contributed by atoms with van der Waals surface area (Å²) in [6.45, 7) is 5.85. The Kier molecular flexibility index (Phi) is 2.15. The van der Waals surface area contributed by atoms with Gasteiger partial charge >= 0.3 is 0 Å².